The first-order chi connectivity index (χ1) is 10.6. The van der Waals surface area contributed by atoms with Gasteiger partial charge in [0.2, 0.25) is 0 Å². The lowest BCUT2D eigenvalue weighted by molar-refractivity contribution is -0.1000. The Hall–Kier alpha value is -0.620. The van der Waals surface area contributed by atoms with E-state index in [1.165, 1.54) is 0 Å². The third-order valence-electron chi connectivity index (χ3n) is 4.59. The van der Waals surface area contributed by atoms with Gasteiger partial charge < -0.3 is 14.9 Å². The Labute approximate surface area is 147 Å². The third-order valence-corrected chi connectivity index (χ3v) is 5.25. The first-order valence-corrected chi connectivity index (χ1v) is 8.92. The molecule has 5 heteroatoms. The van der Waals surface area contributed by atoms with E-state index in [9.17, 15) is 10.2 Å². The molecule has 1 saturated heterocycles. The minimum atomic E-state index is -0.587. The van der Waals surface area contributed by atoms with Gasteiger partial charge in [-0.1, -0.05) is 12.1 Å². The van der Waals surface area contributed by atoms with E-state index in [0.29, 0.717) is 19.4 Å². The van der Waals surface area contributed by atoms with Gasteiger partial charge in [-0.05, 0) is 68.6 Å². The Morgan fingerprint density at radius 2 is 1.78 bits per heavy atom. The zero-order valence-electron chi connectivity index (χ0n) is 14.4. The molecule has 0 radical (unpaired) electrons. The SMILES string of the molecule is CC1(C)CC(O)CC(C)(C)N1C[C@@H](O)COc1ccccc1Br. The van der Waals surface area contributed by atoms with E-state index in [1.807, 2.05) is 24.3 Å². The van der Waals surface area contributed by atoms with Crippen molar-refractivity contribution in [3.63, 3.8) is 0 Å². The molecule has 1 fully saturated rings. The van der Waals surface area contributed by atoms with Gasteiger partial charge in [-0.3, -0.25) is 4.90 Å². The van der Waals surface area contributed by atoms with Gasteiger partial charge in [0, 0.05) is 17.6 Å². The normalized spacial score (nSPS) is 22.7. The summed E-state index contributed by atoms with van der Waals surface area (Å²) in [5.41, 5.74) is -0.315. The molecule has 1 aliphatic heterocycles. The van der Waals surface area contributed by atoms with Crippen molar-refractivity contribution in [1.29, 1.82) is 0 Å². The smallest absolute Gasteiger partial charge is 0.133 e. The van der Waals surface area contributed by atoms with Gasteiger partial charge in [0.25, 0.3) is 0 Å². The maximum absolute atomic E-state index is 10.4. The number of halogens is 1. The molecule has 130 valence electrons. The number of hydrogen-bond acceptors (Lipinski definition) is 4. The molecule has 4 nitrogen and oxygen atoms in total. The van der Waals surface area contributed by atoms with Gasteiger partial charge >= 0.3 is 0 Å². The van der Waals surface area contributed by atoms with E-state index >= 15 is 0 Å². The Balaban J connectivity index is 1.98. The van der Waals surface area contributed by atoms with Crippen LogP contribution in [0.2, 0.25) is 0 Å². The van der Waals surface area contributed by atoms with E-state index in [2.05, 4.69) is 48.5 Å². The van der Waals surface area contributed by atoms with Crippen LogP contribution in [0.25, 0.3) is 0 Å². The molecule has 0 spiro atoms. The molecule has 1 aromatic carbocycles. The molecule has 0 aliphatic carbocycles. The number of aliphatic hydroxyl groups excluding tert-OH is 2. The number of benzene rings is 1. The molecule has 0 saturated carbocycles. The number of nitrogens with zero attached hydrogens (tertiary/aromatic N) is 1. The largest absolute Gasteiger partial charge is 0.490 e. The highest BCUT2D eigenvalue weighted by Gasteiger charge is 2.45. The lowest BCUT2D eigenvalue weighted by Gasteiger charge is -2.54. The van der Waals surface area contributed by atoms with Gasteiger partial charge in [0.15, 0.2) is 0 Å². The van der Waals surface area contributed by atoms with Crippen LogP contribution in [0.15, 0.2) is 28.7 Å². The molecular weight excluding hydrogens is 358 g/mol. The highest BCUT2D eigenvalue weighted by atomic mass is 79.9. The van der Waals surface area contributed by atoms with Crippen LogP contribution in [0.5, 0.6) is 5.75 Å². The third kappa shape index (κ3) is 4.69. The Morgan fingerprint density at radius 3 is 2.35 bits per heavy atom. The second-order valence-electron chi connectivity index (χ2n) is 7.69. The van der Waals surface area contributed by atoms with Crippen LogP contribution >= 0.6 is 15.9 Å². The first-order valence-electron chi connectivity index (χ1n) is 8.13. The zero-order chi connectivity index (χ0) is 17.3. The number of hydrogen-bond donors (Lipinski definition) is 2. The van der Waals surface area contributed by atoms with Crippen molar-refractivity contribution in [2.24, 2.45) is 0 Å². The predicted molar refractivity (Wildman–Crippen MR) is 95.7 cm³/mol. The van der Waals surface area contributed by atoms with Crippen molar-refractivity contribution in [2.75, 3.05) is 13.2 Å². The molecule has 1 aromatic rings. The van der Waals surface area contributed by atoms with E-state index < -0.39 is 6.10 Å². The van der Waals surface area contributed by atoms with Gasteiger partial charge in [-0.15, -0.1) is 0 Å². The van der Waals surface area contributed by atoms with Gasteiger partial charge in [-0.25, -0.2) is 0 Å². The summed E-state index contributed by atoms with van der Waals surface area (Å²) >= 11 is 3.44. The molecule has 0 aromatic heterocycles. The van der Waals surface area contributed by atoms with Gasteiger partial charge in [0.05, 0.1) is 10.6 Å². The highest BCUT2D eigenvalue weighted by molar-refractivity contribution is 9.10. The van der Waals surface area contributed by atoms with Crippen molar-refractivity contribution in [3.8, 4) is 5.75 Å². The minimum Gasteiger partial charge on any atom is -0.490 e. The summed E-state index contributed by atoms with van der Waals surface area (Å²) in [7, 11) is 0. The standard InChI is InChI=1S/C18H28BrNO3/c1-17(2)9-13(21)10-18(3,4)20(17)11-14(22)12-23-16-8-6-5-7-15(16)19/h5-8,13-14,21-22H,9-12H2,1-4H3/t14-/m1/s1. The minimum absolute atomic E-state index is 0.157. The van der Waals surface area contributed by atoms with E-state index in [1.54, 1.807) is 0 Å². The summed E-state index contributed by atoms with van der Waals surface area (Å²) in [5, 5.41) is 20.5. The van der Waals surface area contributed by atoms with Crippen molar-refractivity contribution >= 4 is 15.9 Å². The molecule has 1 atom stereocenters. The summed E-state index contributed by atoms with van der Waals surface area (Å²) < 4.78 is 6.61. The Bertz CT molecular complexity index is 515. The van der Waals surface area contributed by atoms with Crippen molar-refractivity contribution < 1.29 is 14.9 Å². The summed E-state index contributed by atoms with van der Waals surface area (Å²) in [6.45, 7) is 9.26. The summed E-state index contributed by atoms with van der Waals surface area (Å²) in [5.74, 6) is 0.735. The summed E-state index contributed by atoms with van der Waals surface area (Å²) in [4.78, 5) is 2.29. The molecule has 1 heterocycles. The first kappa shape index (κ1) is 18.7. The monoisotopic (exact) mass is 385 g/mol. The van der Waals surface area contributed by atoms with Crippen LogP contribution in [0.4, 0.5) is 0 Å². The van der Waals surface area contributed by atoms with E-state index in [4.69, 9.17) is 4.74 Å². The number of ether oxygens (including phenoxy) is 1. The molecule has 2 N–H and O–H groups in total. The zero-order valence-corrected chi connectivity index (χ0v) is 16.0. The van der Waals surface area contributed by atoms with Crippen LogP contribution in [0.3, 0.4) is 0 Å². The topological polar surface area (TPSA) is 52.9 Å². The number of rotatable bonds is 5. The fourth-order valence-corrected chi connectivity index (χ4v) is 4.17. The highest BCUT2D eigenvalue weighted by Crippen LogP contribution is 2.38. The molecule has 0 amide bonds. The van der Waals surface area contributed by atoms with E-state index in [-0.39, 0.29) is 23.8 Å². The maximum Gasteiger partial charge on any atom is 0.133 e. The molecule has 1 aliphatic rings. The molecule has 2 rings (SSSR count). The van der Waals surface area contributed by atoms with Gasteiger partial charge in [-0.2, -0.15) is 0 Å². The van der Waals surface area contributed by atoms with E-state index in [0.717, 1.165) is 10.2 Å². The van der Waals surface area contributed by atoms with Crippen molar-refractivity contribution in [3.05, 3.63) is 28.7 Å². The van der Waals surface area contributed by atoms with Crippen LogP contribution in [0.1, 0.15) is 40.5 Å². The van der Waals surface area contributed by atoms with Gasteiger partial charge in [0.1, 0.15) is 18.5 Å². The Kier molecular flexibility index (Phi) is 5.77. The number of para-hydroxylation sites is 1. The maximum atomic E-state index is 10.4. The number of aliphatic hydroxyl groups is 2. The van der Waals surface area contributed by atoms with Crippen LogP contribution < -0.4 is 4.74 Å². The average molecular weight is 386 g/mol. The van der Waals surface area contributed by atoms with Crippen molar-refractivity contribution in [1.82, 2.24) is 4.90 Å². The molecule has 0 bridgehead atoms. The average Bonchev–Trinajstić information content (AvgIpc) is 2.41. The molecule has 0 unspecified atom stereocenters. The molecular formula is C18H28BrNO3. The fourth-order valence-electron chi connectivity index (χ4n) is 3.77. The second-order valence-corrected chi connectivity index (χ2v) is 8.55. The predicted octanol–water partition coefficient (Wildman–Crippen LogP) is 3.20. The van der Waals surface area contributed by atoms with Crippen LogP contribution in [-0.2, 0) is 0 Å². The number of piperidine rings is 1. The lowest BCUT2D eigenvalue weighted by Crippen LogP contribution is -2.63. The quantitative estimate of drug-likeness (QED) is 0.816. The number of β-amino-alcohol motifs (C(OH)–C–C–N with tert-alkyl or cyclic N) is 1. The summed E-state index contributed by atoms with van der Waals surface area (Å²) in [6, 6.07) is 7.63. The summed E-state index contributed by atoms with van der Waals surface area (Å²) in [6.07, 6.45) is 0.559. The van der Waals surface area contributed by atoms with Crippen LogP contribution in [0, 0.1) is 0 Å². The van der Waals surface area contributed by atoms with Crippen molar-refractivity contribution in [2.45, 2.75) is 63.8 Å². The lowest BCUT2D eigenvalue weighted by atomic mass is 9.78. The Morgan fingerprint density at radius 1 is 1.22 bits per heavy atom. The van der Waals surface area contributed by atoms with Crippen LogP contribution in [-0.4, -0.2) is 51.6 Å². The fraction of sp³-hybridized carbons (Fsp3) is 0.667. The molecule has 23 heavy (non-hydrogen) atoms. The second kappa shape index (κ2) is 7.09. The number of likely N-dealkylation sites (tertiary alicyclic amines) is 1.